The first-order valence-corrected chi connectivity index (χ1v) is 10.5. The molecule has 0 aliphatic carbocycles. The van der Waals surface area contributed by atoms with Gasteiger partial charge in [0.2, 0.25) is 0 Å². The molecule has 0 fully saturated rings. The monoisotopic (exact) mass is 451 g/mol. The first kappa shape index (κ1) is 18.6. The molecule has 0 radical (unpaired) electrons. The number of phenolic OH excluding ortho intramolecular Hbond substituents is 1. The molecule has 0 amide bonds. The molecule has 144 valence electrons. The number of aromatic nitrogens is 1. The fourth-order valence-corrected chi connectivity index (χ4v) is 4.21. The maximum absolute atomic E-state index is 10.6. The Balaban J connectivity index is 1.84. The standard InChI is InChI=1S/C27H18BrNO/c28-21-12-14-25-20(15-21)11-13-26(29-25)27-23(18-7-3-1-4-8-18)16-22(30)17-24(27)19-9-5-2-6-10-19/h1-17,30H. The zero-order chi connectivity index (χ0) is 20.5. The normalized spacial score (nSPS) is 11.0. The highest BCUT2D eigenvalue weighted by atomic mass is 79.9. The van der Waals surface area contributed by atoms with Gasteiger partial charge in [-0.25, -0.2) is 4.98 Å². The molecule has 0 aliphatic rings. The molecule has 0 saturated carbocycles. The van der Waals surface area contributed by atoms with Crippen LogP contribution in [-0.2, 0) is 0 Å². The van der Waals surface area contributed by atoms with E-state index in [4.69, 9.17) is 4.98 Å². The van der Waals surface area contributed by atoms with Crippen LogP contribution in [0.4, 0.5) is 0 Å². The van der Waals surface area contributed by atoms with E-state index in [2.05, 4.69) is 58.4 Å². The Hall–Kier alpha value is -3.43. The smallest absolute Gasteiger partial charge is 0.116 e. The topological polar surface area (TPSA) is 33.1 Å². The van der Waals surface area contributed by atoms with Crippen molar-refractivity contribution >= 4 is 26.8 Å². The summed E-state index contributed by atoms with van der Waals surface area (Å²) in [6.07, 6.45) is 0. The minimum atomic E-state index is 0.237. The van der Waals surface area contributed by atoms with Gasteiger partial charge in [-0.15, -0.1) is 0 Å². The van der Waals surface area contributed by atoms with Crippen molar-refractivity contribution in [2.24, 2.45) is 0 Å². The number of fused-ring (bicyclic) bond motifs is 1. The predicted octanol–water partition coefficient (Wildman–Crippen LogP) is 7.70. The highest BCUT2D eigenvalue weighted by molar-refractivity contribution is 9.10. The molecule has 4 aromatic carbocycles. The van der Waals surface area contributed by atoms with Gasteiger partial charge >= 0.3 is 0 Å². The van der Waals surface area contributed by atoms with Crippen molar-refractivity contribution in [1.29, 1.82) is 0 Å². The molecule has 0 aliphatic heterocycles. The van der Waals surface area contributed by atoms with E-state index in [0.717, 1.165) is 48.9 Å². The second-order valence-corrected chi connectivity index (χ2v) is 8.10. The van der Waals surface area contributed by atoms with Crippen LogP contribution in [0.1, 0.15) is 0 Å². The van der Waals surface area contributed by atoms with Crippen molar-refractivity contribution in [3.05, 3.63) is 108 Å². The Morgan fingerprint density at radius 2 is 1.23 bits per heavy atom. The van der Waals surface area contributed by atoms with Crippen LogP contribution in [0.2, 0.25) is 0 Å². The van der Waals surface area contributed by atoms with Gasteiger partial charge in [0.05, 0.1) is 11.2 Å². The van der Waals surface area contributed by atoms with Crippen LogP contribution < -0.4 is 0 Å². The van der Waals surface area contributed by atoms with Gasteiger partial charge in [0.15, 0.2) is 0 Å². The van der Waals surface area contributed by atoms with Gasteiger partial charge in [0.1, 0.15) is 5.75 Å². The highest BCUT2D eigenvalue weighted by Gasteiger charge is 2.17. The maximum atomic E-state index is 10.6. The number of pyridine rings is 1. The van der Waals surface area contributed by atoms with Gasteiger partial charge in [0.25, 0.3) is 0 Å². The summed E-state index contributed by atoms with van der Waals surface area (Å²) in [6, 6.07) is 34.2. The first-order valence-electron chi connectivity index (χ1n) is 9.73. The van der Waals surface area contributed by atoms with Crippen LogP contribution in [0, 0.1) is 0 Å². The molecule has 0 bridgehead atoms. The SMILES string of the molecule is Oc1cc(-c2ccccc2)c(-c2ccc3cc(Br)ccc3n2)c(-c2ccccc2)c1. The summed E-state index contributed by atoms with van der Waals surface area (Å²) in [5.74, 6) is 0.237. The lowest BCUT2D eigenvalue weighted by Crippen LogP contribution is -1.94. The minimum Gasteiger partial charge on any atom is -0.508 e. The number of rotatable bonds is 3. The Morgan fingerprint density at radius 1 is 0.633 bits per heavy atom. The molecule has 5 rings (SSSR count). The Kier molecular flexibility index (Phi) is 4.82. The lowest BCUT2D eigenvalue weighted by Gasteiger charge is -2.17. The number of halogens is 1. The average Bonchev–Trinajstić information content (AvgIpc) is 2.79. The van der Waals surface area contributed by atoms with Crippen molar-refractivity contribution in [1.82, 2.24) is 4.98 Å². The predicted molar refractivity (Wildman–Crippen MR) is 127 cm³/mol. The van der Waals surface area contributed by atoms with E-state index >= 15 is 0 Å². The van der Waals surface area contributed by atoms with Crippen molar-refractivity contribution in [2.75, 3.05) is 0 Å². The molecule has 30 heavy (non-hydrogen) atoms. The molecule has 1 N–H and O–H groups in total. The van der Waals surface area contributed by atoms with E-state index in [0.29, 0.717) is 0 Å². The quantitative estimate of drug-likeness (QED) is 0.304. The Bertz CT molecular complexity index is 1290. The molecule has 0 spiro atoms. The Labute approximate surface area is 183 Å². The first-order chi connectivity index (χ1) is 14.7. The van der Waals surface area contributed by atoms with Crippen molar-refractivity contribution in [3.8, 4) is 39.3 Å². The van der Waals surface area contributed by atoms with Crippen LogP contribution in [0.5, 0.6) is 5.75 Å². The van der Waals surface area contributed by atoms with Crippen LogP contribution in [0.25, 0.3) is 44.4 Å². The molecule has 1 heterocycles. The second-order valence-electron chi connectivity index (χ2n) is 7.18. The summed E-state index contributed by atoms with van der Waals surface area (Å²) in [4.78, 5) is 4.99. The molecular formula is C27H18BrNO. The van der Waals surface area contributed by atoms with Gasteiger partial charge in [-0.05, 0) is 58.7 Å². The van der Waals surface area contributed by atoms with Gasteiger partial charge < -0.3 is 5.11 Å². The summed E-state index contributed by atoms with van der Waals surface area (Å²) in [6.45, 7) is 0. The van der Waals surface area contributed by atoms with E-state index in [1.807, 2.05) is 60.7 Å². The molecule has 2 nitrogen and oxygen atoms in total. The Morgan fingerprint density at radius 3 is 1.83 bits per heavy atom. The fourth-order valence-electron chi connectivity index (χ4n) is 3.83. The second kappa shape index (κ2) is 7.77. The largest absolute Gasteiger partial charge is 0.508 e. The highest BCUT2D eigenvalue weighted by Crippen LogP contribution is 2.42. The number of hydrogen-bond acceptors (Lipinski definition) is 2. The number of nitrogens with zero attached hydrogens (tertiary/aromatic N) is 1. The van der Waals surface area contributed by atoms with E-state index in [1.54, 1.807) is 0 Å². The lowest BCUT2D eigenvalue weighted by atomic mass is 9.89. The zero-order valence-corrected chi connectivity index (χ0v) is 17.7. The van der Waals surface area contributed by atoms with Gasteiger partial charge in [-0.1, -0.05) is 82.7 Å². The molecule has 0 saturated heterocycles. The summed E-state index contributed by atoms with van der Waals surface area (Å²) in [7, 11) is 0. The molecular weight excluding hydrogens is 434 g/mol. The summed E-state index contributed by atoms with van der Waals surface area (Å²) in [5, 5.41) is 11.6. The van der Waals surface area contributed by atoms with E-state index < -0.39 is 0 Å². The van der Waals surface area contributed by atoms with Gasteiger partial charge in [0, 0.05) is 15.4 Å². The third-order valence-corrected chi connectivity index (χ3v) is 5.69. The number of phenols is 1. The molecule has 5 aromatic rings. The average molecular weight is 452 g/mol. The van der Waals surface area contributed by atoms with Crippen molar-refractivity contribution in [3.63, 3.8) is 0 Å². The molecule has 0 atom stereocenters. The minimum absolute atomic E-state index is 0.237. The third kappa shape index (κ3) is 3.49. The number of hydrogen-bond donors (Lipinski definition) is 1. The summed E-state index contributed by atoms with van der Waals surface area (Å²) >= 11 is 3.53. The third-order valence-electron chi connectivity index (χ3n) is 5.20. The van der Waals surface area contributed by atoms with Gasteiger partial charge in [-0.2, -0.15) is 0 Å². The van der Waals surface area contributed by atoms with Crippen LogP contribution in [-0.4, -0.2) is 10.1 Å². The maximum Gasteiger partial charge on any atom is 0.116 e. The van der Waals surface area contributed by atoms with Crippen molar-refractivity contribution in [2.45, 2.75) is 0 Å². The van der Waals surface area contributed by atoms with E-state index in [1.165, 1.54) is 0 Å². The van der Waals surface area contributed by atoms with E-state index in [-0.39, 0.29) is 5.75 Å². The molecule has 3 heteroatoms. The van der Waals surface area contributed by atoms with Crippen molar-refractivity contribution < 1.29 is 5.11 Å². The zero-order valence-electron chi connectivity index (χ0n) is 16.1. The van der Waals surface area contributed by atoms with Crippen LogP contribution in [0.15, 0.2) is 108 Å². The van der Waals surface area contributed by atoms with Crippen LogP contribution in [0.3, 0.4) is 0 Å². The van der Waals surface area contributed by atoms with Crippen LogP contribution >= 0.6 is 15.9 Å². The number of benzene rings is 4. The molecule has 1 aromatic heterocycles. The summed E-state index contributed by atoms with van der Waals surface area (Å²) < 4.78 is 1.03. The molecule has 0 unspecified atom stereocenters. The van der Waals surface area contributed by atoms with E-state index in [9.17, 15) is 5.11 Å². The lowest BCUT2D eigenvalue weighted by molar-refractivity contribution is 0.476. The fraction of sp³-hybridized carbons (Fsp3) is 0. The summed E-state index contributed by atoms with van der Waals surface area (Å²) in [5.41, 5.74) is 6.81. The number of aromatic hydroxyl groups is 1. The van der Waals surface area contributed by atoms with Gasteiger partial charge in [-0.3, -0.25) is 0 Å².